The van der Waals surface area contributed by atoms with E-state index < -0.39 is 16.1 Å². The summed E-state index contributed by atoms with van der Waals surface area (Å²) in [6, 6.07) is 9.95. The van der Waals surface area contributed by atoms with Gasteiger partial charge in [-0.05, 0) is 80.6 Å². The van der Waals surface area contributed by atoms with E-state index in [4.69, 9.17) is 9.47 Å². The smallest absolute Gasteiger partial charge is 0.262 e. The molecule has 0 heterocycles. The van der Waals surface area contributed by atoms with Crippen molar-refractivity contribution in [2.45, 2.75) is 56.6 Å². The van der Waals surface area contributed by atoms with Gasteiger partial charge in [-0.2, -0.15) is 0 Å². The molecule has 28 heavy (non-hydrogen) atoms. The average molecular weight is 406 g/mol. The second-order valence-electron chi connectivity index (χ2n) is 7.15. The highest BCUT2D eigenvalue weighted by Gasteiger charge is 2.25. The lowest BCUT2D eigenvalue weighted by atomic mass is 9.95. The molecular weight excluding hydrogens is 378 g/mol. The van der Waals surface area contributed by atoms with Gasteiger partial charge < -0.3 is 14.6 Å². The number of nitrogens with one attached hydrogen (secondary N) is 1. The molecule has 152 valence electrons. The zero-order chi connectivity index (χ0) is 20.3. The summed E-state index contributed by atoms with van der Waals surface area (Å²) < 4.78 is 39.3. The monoisotopic (exact) mass is 405 g/mol. The predicted molar refractivity (Wildman–Crippen MR) is 109 cm³/mol. The van der Waals surface area contributed by atoms with E-state index >= 15 is 0 Å². The Bertz CT molecular complexity index is 925. The Morgan fingerprint density at radius 1 is 1.00 bits per heavy atom. The summed E-state index contributed by atoms with van der Waals surface area (Å²) in [6.45, 7) is 3.60. The van der Waals surface area contributed by atoms with Crippen LogP contribution in [-0.4, -0.2) is 32.8 Å². The fourth-order valence-electron chi connectivity index (χ4n) is 3.48. The lowest BCUT2D eigenvalue weighted by Crippen LogP contribution is -2.34. The molecule has 0 bridgehead atoms. The Morgan fingerprint density at radius 2 is 1.68 bits per heavy atom. The Kier molecular flexibility index (Phi) is 6.15. The Morgan fingerprint density at radius 3 is 2.32 bits per heavy atom. The number of sulfonamides is 1. The molecule has 2 N–H and O–H groups in total. The highest BCUT2D eigenvalue weighted by Crippen LogP contribution is 2.29. The molecule has 1 aliphatic carbocycles. The largest absolute Gasteiger partial charge is 0.496 e. The number of benzene rings is 2. The third-order valence-corrected chi connectivity index (χ3v) is 6.78. The van der Waals surface area contributed by atoms with Gasteiger partial charge in [0.2, 0.25) is 0 Å². The summed E-state index contributed by atoms with van der Waals surface area (Å²) in [4.78, 5) is 0.219. The quantitative estimate of drug-likeness (QED) is 0.764. The van der Waals surface area contributed by atoms with Gasteiger partial charge >= 0.3 is 0 Å². The first kappa shape index (κ1) is 20.5. The molecule has 0 saturated heterocycles. The SMILES string of the molecule is COc1ccc(S(=O)(=O)Nc2ccc(O[C@H]3CCCC[C@H]3O)cc2)c(C)c1C. The van der Waals surface area contributed by atoms with Crippen molar-refractivity contribution in [2.24, 2.45) is 0 Å². The van der Waals surface area contributed by atoms with Crippen LogP contribution in [0.15, 0.2) is 41.3 Å². The number of hydrogen-bond donors (Lipinski definition) is 2. The zero-order valence-electron chi connectivity index (χ0n) is 16.4. The van der Waals surface area contributed by atoms with Crippen LogP contribution in [0.2, 0.25) is 0 Å². The normalized spacial score (nSPS) is 19.9. The van der Waals surface area contributed by atoms with Gasteiger partial charge in [-0.1, -0.05) is 6.42 Å². The van der Waals surface area contributed by atoms with Crippen molar-refractivity contribution in [3.63, 3.8) is 0 Å². The molecule has 0 unspecified atom stereocenters. The van der Waals surface area contributed by atoms with Crippen LogP contribution < -0.4 is 14.2 Å². The third kappa shape index (κ3) is 4.42. The number of anilines is 1. The summed E-state index contributed by atoms with van der Waals surface area (Å²) in [6.07, 6.45) is 2.98. The van der Waals surface area contributed by atoms with Crippen molar-refractivity contribution >= 4 is 15.7 Å². The molecule has 0 radical (unpaired) electrons. The van der Waals surface area contributed by atoms with Gasteiger partial charge in [-0.25, -0.2) is 8.42 Å². The van der Waals surface area contributed by atoms with Gasteiger partial charge in [0.05, 0.1) is 18.1 Å². The first-order valence-electron chi connectivity index (χ1n) is 9.43. The van der Waals surface area contributed by atoms with Crippen molar-refractivity contribution in [3.8, 4) is 11.5 Å². The van der Waals surface area contributed by atoms with E-state index in [-0.39, 0.29) is 11.0 Å². The molecule has 2 aromatic carbocycles. The van der Waals surface area contributed by atoms with Gasteiger partial charge in [0.25, 0.3) is 10.0 Å². The van der Waals surface area contributed by atoms with Gasteiger partial charge in [0.1, 0.15) is 17.6 Å². The van der Waals surface area contributed by atoms with Gasteiger partial charge in [-0.3, -0.25) is 4.72 Å². The molecular formula is C21H27NO5S. The average Bonchev–Trinajstić information content (AvgIpc) is 2.67. The standard InChI is InChI=1S/C21H27NO5S/c1-14-15(2)21(13-12-19(14)26-3)28(24,25)22-16-8-10-17(11-9-16)27-20-7-5-4-6-18(20)23/h8-13,18,20,22-23H,4-7H2,1-3H3/t18-,20+/m1/s1. The lowest BCUT2D eigenvalue weighted by molar-refractivity contribution is 0.00688. The molecule has 3 rings (SSSR count). The minimum absolute atomic E-state index is 0.207. The molecule has 2 aromatic rings. The summed E-state index contributed by atoms with van der Waals surface area (Å²) in [5.41, 5.74) is 1.89. The molecule has 0 aromatic heterocycles. The Balaban J connectivity index is 1.73. The highest BCUT2D eigenvalue weighted by atomic mass is 32.2. The molecule has 1 saturated carbocycles. The molecule has 6 nitrogen and oxygen atoms in total. The number of aliphatic hydroxyl groups is 1. The topological polar surface area (TPSA) is 84.9 Å². The fraction of sp³-hybridized carbons (Fsp3) is 0.429. The molecule has 0 aliphatic heterocycles. The fourth-order valence-corrected chi connectivity index (χ4v) is 4.84. The van der Waals surface area contributed by atoms with Crippen LogP contribution in [0, 0.1) is 13.8 Å². The number of rotatable bonds is 6. The predicted octanol–water partition coefficient (Wildman–Crippen LogP) is 3.80. The van der Waals surface area contributed by atoms with E-state index in [9.17, 15) is 13.5 Å². The maximum atomic E-state index is 12.8. The summed E-state index contributed by atoms with van der Waals surface area (Å²) in [5.74, 6) is 1.27. The maximum absolute atomic E-state index is 12.8. The van der Waals surface area contributed by atoms with Crippen LogP contribution >= 0.6 is 0 Å². The van der Waals surface area contributed by atoms with E-state index in [1.807, 2.05) is 6.92 Å². The van der Waals surface area contributed by atoms with Crippen LogP contribution in [0.3, 0.4) is 0 Å². The van der Waals surface area contributed by atoms with E-state index in [2.05, 4.69) is 4.72 Å². The summed E-state index contributed by atoms with van der Waals surface area (Å²) in [5, 5.41) is 10.0. The second-order valence-corrected chi connectivity index (χ2v) is 8.80. The van der Waals surface area contributed by atoms with Crippen LogP contribution in [0.1, 0.15) is 36.8 Å². The van der Waals surface area contributed by atoms with Crippen LogP contribution in [0.4, 0.5) is 5.69 Å². The van der Waals surface area contributed by atoms with Gasteiger partial charge in [-0.15, -0.1) is 0 Å². The van der Waals surface area contributed by atoms with Crippen molar-refractivity contribution in [1.82, 2.24) is 0 Å². The molecule has 0 amide bonds. The maximum Gasteiger partial charge on any atom is 0.262 e. The first-order chi connectivity index (χ1) is 13.3. The molecule has 1 fully saturated rings. The Hall–Kier alpha value is -2.25. The lowest BCUT2D eigenvalue weighted by Gasteiger charge is -2.28. The minimum Gasteiger partial charge on any atom is -0.496 e. The molecule has 1 aliphatic rings. The third-order valence-electron chi connectivity index (χ3n) is 5.26. The van der Waals surface area contributed by atoms with Crippen LogP contribution in [0.5, 0.6) is 11.5 Å². The molecule has 2 atom stereocenters. The van der Waals surface area contributed by atoms with E-state index in [0.29, 0.717) is 22.7 Å². The van der Waals surface area contributed by atoms with Gasteiger partial charge in [0, 0.05) is 5.69 Å². The Labute approximate surface area is 166 Å². The van der Waals surface area contributed by atoms with Gasteiger partial charge in [0.15, 0.2) is 0 Å². The number of hydrogen-bond acceptors (Lipinski definition) is 5. The molecule has 0 spiro atoms. The summed E-state index contributed by atoms with van der Waals surface area (Å²) in [7, 11) is -2.17. The number of aliphatic hydroxyl groups excluding tert-OH is 1. The van der Waals surface area contributed by atoms with Crippen LogP contribution in [-0.2, 0) is 10.0 Å². The highest BCUT2D eigenvalue weighted by molar-refractivity contribution is 7.92. The van der Waals surface area contributed by atoms with E-state index in [0.717, 1.165) is 31.2 Å². The van der Waals surface area contributed by atoms with E-state index in [1.54, 1.807) is 50.4 Å². The summed E-state index contributed by atoms with van der Waals surface area (Å²) >= 11 is 0. The molecule has 7 heteroatoms. The van der Waals surface area contributed by atoms with Crippen LogP contribution in [0.25, 0.3) is 0 Å². The minimum atomic E-state index is -3.73. The van der Waals surface area contributed by atoms with Crippen molar-refractivity contribution < 1.29 is 23.0 Å². The van der Waals surface area contributed by atoms with Crippen molar-refractivity contribution in [3.05, 3.63) is 47.5 Å². The van der Waals surface area contributed by atoms with E-state index in [1.165, 1.54) is 0 Å². The van der Waals surface area contributed by atoms with Crippen molar-refractivity contribution in [2.75, 3.05) is 11.8 Å². The number of ether oxygens (including phenoxy) is 2. The second kappa shape index (κ2) is 8.41. The number of methoxy groups -OCH3 is 1. The first-order valence-corrected chi connectivity index (χ1v) is 10.9. The van der Waals surface area contributed by atoms with Crippen molar-refractivity contribution in [1.29, 1.82) is 0 Å². The zero-order valence-corrected chi connectivity index (χ0v) is 17.3.